The third kappa shape index (κ3) is 5.19. The number of carboxylic acids is 1. The number of para-hydroxylation sites is 1. The number of aromatic carboxylic acids is 1. The molecule has 4 rings (SSSR count). The van der Waals surface area contributed by atoms with Crippen molar-refractivity contribution in [1.29, 1.82) is 0 Å². The Hall–Kier alpha value is -3.72. The van der Waals surface area contributed by atoms with Crippen molar-refractivity contribution in [1.82, 2.24) is 14.9 Å². The van der Waals surface area contributed by atoms with Gasteiger partial charge >= 0.3 is 5.97 Å². The molecule has 1 aliphatic rings. The Balaban J connectivity index is 1.77. The average molecular weight is 478 g/mol. The van der Waals surface area contributed by atoms with E-state index in [1.165, 1.54) is 18.2 Å². The molecule has 2 aromatic carbocycles. The van der Waals surface area contributed by atoms with E-state index in [2.05, 4.69) is 17.6 Å². The third-order valence-electron chi connectivity index (χ3n) is 6.52. The summed E-state index contributed by atoms with van der Waals surface area (Å²) in [5.74, 6) is -1.46. The molecule has 5 N–H and O–H groups in total. The highest BCUT2D eigenvalue weighted by Crippen LogP contribution is 2.35. The number of carbonyl (C=O) groups excluding carboxylic acids is 2. The maximum atomic E-state index is 13.1. The molecule has 1 saturated heterocycles. The van der Waals surface area contributed by atoms with E-state index < -0.39 is 11.9 Å². The van der Waals surface area contributed by atoms with E-state index in [-0.39, 0.29) is 29.0 Å². The van der Waals surface area contributed by atoms with Crippen LogP contribution in [-0.2, 0) is 4.79 Å². The number of rotatable bonds is 9. The molecule has 0 spiro atoms. The molecule has 0 aliphatic carbocycles. The van der Waals surface area contributed by atoms with E-state index in [1.54, 1.807) is 6.07 Å². The minimum Gasteiger partial charge on any atom is -0.478 e. The van der Waals surface area contributed by atoms with Gasteiger partial charge < -0.3 is 20.7 Å². The highest BCUT2D eigenvalue weighted by atomic mass is 16.4. The van der Waals surface area contributed by atoms with Crippen molar-refractivity contribution in [2.75, 3.05) is 18.4 Å². The second-order valence-electron chi connectivity index (χ2n) is 8.98. The number of nitrogens with one attached hydrogen (secondary N) is 2. The van der Waals surface area contributed by atoms with Gasteiger partial charge in [0.25, 0.3) is 5.91 Å². The first-order valence-electron chi connectivity index (χ1n) is 12.0. The van der Waals surface area contributed by atoms with E-state index in [0.717, 1.165) is 43.2 Å². The number of unbranched alkanes of at least 4 members (excludes halogenated alkanes) is 1. The first-order valence-corrected chi connectivity index (χ1v) is 12.0. The molecular formula is C26H31N5O4. The molecule has 35 heavy (non-hydrogen) atoms. The number of anilines is 1. The number of carbonyl (C=O) groups is 3. The normalized spacial score (nSPS) is 16.6. The molecular weight excluding hydrogens is 446 g/mol. The standard InChI is InChI=1S/C26H31N5O4/c1-16(7-2-3-13-27)31-22-19(20-11-6-14-28-24(20)33)10-5-12-21(22)29-26(31)30-23(32)17-8-4-9-18(15-17)25(34)35/h4-5,8-10,12,15-16,20H,2-3,6-7,11,13-14,27H2,1H3,(H,28,33)(H,34,35)(H,29,30,32). The van der Waals surface area contributed by atoms with E-state index in [9.17, 15) is 19.5 Å². The largest absolute Gasteiger partial charge is 0.478 e. The van der Waals surface area contributed by atoms with Gasteiger partial charge in [-0.3, -0.25) is 14.9 Å². The Morgan fingerprint density at radius 3 is 2.74 bits per heavy atom. The van der Waals surface area contributed by atoms with E-state index in [1.807, 2.05) is 22.8 Å². The van der Waals surface area contributed by atoms with Gasteiger partial charge in [0.05, 0.1) is 22.5 Å². The lowest BCUT2D eigenvalue weighted by molar-refractivity contribution is -0.123. The summed E-state index contributed by atoms with van der Waals surface area (Å²) in [6, 6.07) is 11.6. The highest BCUT2D eigenvalue weighted by molar-refractivity contribution is 6.05. The lowest BCUT2D eigenvalue weighted by atomic mass is 9.89. The monoisotopic (exact) mass is 477 g/mol. The maximum absolute atomic E-state index is 13.1. The van der Waals surface area contributed by atoms with Gasteiger partial charge in [0.2, 0.25) is 11.9 Å². The predicted molar refractivity (Wildman–Crippen MR) is 134 cm³/mol. The van der Waals surface area contributed by atoms with Crippen LogP contribution in [0, 0.1) is 0 Å². The van der Waals surface area contributed by atoms with Crippen LogP contribution in [0.5, 0.6) is 0 Å². The Morgan fingerprint density at radius 1 is 1.23 bits per heavy atom. The Labute approximate surface area is 203 Å². The van der Waals surface area contributed by atoms with Gasteiger partial charge in [0, 0.05) is 18.2 Å². The van der Waals surface area contributed by atoms with E-state index in [4.69, 9.17) is 10.7 Å². The summed E-state index contributed by atoms with van der Waals surface area (Å²) in [6.07, 6.45) is 4.28. The number of amides is 2. The van der Waals surface area contributed by atoms with Crippen LogP contribution in [0.15, 0.2) is 42.5 Å². The lowest BCUT2D eigenvalue weighted by Gasteiger charge is -2.25. The summed E-state index contributed by atoms with van der Waals surface area (Å²) in [5.41, 5.74) is 8.38. The molecule has 1 fully saturated rings. The molecule has 2 atom stereocenters. The molecule has 0 saturated carbocycles. The average Bonchev–Trinajstić information content (AvgIpc) is 3.22. The van der Waals surface area contributed by atoms with Gasteiger partial charge in [0.15, 0.2) is 0 Å². The van der Waals surface area contributed by atoms with Crippen LogP contribution in [0.3, 0.4) is 0 Å². The van der Waals surface area contributed by atoms with Crippen molar-refractivity contribution in [2.45, 2.75) is 51.0 Å². The molecule has 0 radical (unpaired) electrons. The summed E-state index contributed by atoms with van der Waals surface area (Å²) >= 11 is 0. The number of carboxylic acid groups (broad SMARTS) is 1. The van der Waals surface area contributed by atoms with Gasteiger partial charge in [-0.2, -0.15) is 0 Å². The highest BCUT2D eigenvalue weighted by Gasteiger charge is 2.29. The number of piperidine rings is 1. The van der Waals surface area contributed by atoms with E-state index >= 15 is 0 Å². The van der Waals surface area contributed by atoms with Crippen LogP contribution in [0.4, 0.5) is 5.95 Å². The van der Waals surface area contributed by atoms with Crippen LogP contribution in [0.25, 0.3) is 11.0 Å². The Kier molecular flexibility index (Phi) is 7.45. The topological polar surface area (TPSA) is 139 Å². The van der Waals surface area contributed by atoms with Crippen LogP contribution in [0.1, 0.15) is 77.3 Å². The van der Waals surface area contributed by atoms with Crippen molar-refractivity contribution in [3.05, 3.63) is 59.2 Å². The number of benzene rings is 2. The molecule has 184 valence electrons. The van der Waals surface area contributed by atoms with Gasteiger partial charge in [-0.15, -0.1) is 0 Å². The number of nitrogens with two attached hydrogens (primary N) is 1. The van der Waals surface area contributed by atoms with Crippen molar-refractivity contribution in [2.24, 2.45) is 5.73 Å². The van der Waals surface area contributed by atoms with Gasteiger partial charge in [-0.25, -0.2) is 9.78 Å². The van der Waals surface area contributed by atoms with Crippen LogP contribution < -0.4 is 16.4 Å². The lowest BCUT2D eigenvalue weighted by Crippen LogP contribution is -2.35. The van der Waals surface area contributed by atoms with Crippen LogP contribution in [0.2, 0.25) is 0 Å². The molecule has 9 nitrogen and oxygen atoms in total. The smallest absolute Gasteiger partial charge is 0.335 e. The maximum Gasteiger partial charge on any atom is 0.335 e. The molecule has 9 heteroatoms. The minimum atomic E-state index is -1.10. The fourth-order valence-electron chi connectivity index (χ4n) is 4.72. The zero-order chi connectivity index (χ0) is 24.9. The van der Waals surface area contributed by atoms with Gasteiger partial charge in [0.1, 0.15) is 0 Å². The number of hydrogen-bond acceptors (Lipinski definition) is 5. The molecule has 1 aromatic heterocycles. The molecule has 2 heterocycles. The molecule has 1 aliphatic heterocycles. The first kappa shape index (κ1) is 24.4. The molecule has 3 aromatic rings. The zero-order valence-corrected chi connectivity index (χ0v) is 19.8. The van der Waals surface area contributed by atoms with Crippen LogP contribution >= 0.6 is 0 Å². The Morgan fingerprint density at radius 2 is 2.00 bits per heavy atom. The number of aromatic nitrogens is 2. The van der Waals surface area contributed by atoms with Crippen molar-refractivity contribution >= 4 is 34.8 Å². The summed E-state index contributed by atoms with van der Waals surface area (Å²) in [6.45, 7) is 3.35. The predicted octanol–water partition coefficient (Wildman–Crippen LogP) is 3.67. The molecule has 2 unspecified atom stereocenters. The number of nitrogens with zero attached hydrogens (tertiary/aromatic N) is 2. The minimum absolute atomic E-state index is 0.00311. The molecule has 2 amide bonds. The first-order chi connectivity index (χ1) is 16.9. The number of hydrogen-bond donors (Lipinski definition) is 4. The summed E-state index contributed by atoms with van der Waals surface area (Å²) < 4.78 is 2.00. The summed E-state index contributed by atoms with van der Waals surface area (Å²) in [4.78, 5) is 41.9. The quantitative estimate of drug-likeness (QED) is 0.347. The van der Waals surface area contributed by atoms with Crippen LogP contribution in [-0.4, -0.2) is 45.5 Å². The summed E-state index contributed by atoms with van der Waals surface area (Å²) in [7, 11) is 0. The van der Waals surface area contributed by atoms with Gasteiger partial charge in [-0.05, 0) is 69.0 Å². The van der Waals surface area contributed by atoms with Crippen molar-refractivity contribution in [3.63, 3.8) is 0 Å². The summed E-state index contributed by atoms with van der Waals surface area (Å²) in [5, 5.41) is 15.1. The van der Waals surface area contributed by atoms with Crippen molar-refractivity contribution in [3.8, 4) is 0 Å². The fraction of sp³-hybridized carbons (Fsp3) is 0.385. The second-order valence-corrected chi connectivity index (χ2v) is 8.98. The number of fused-ring (bicyclic) bond motifs is 1. The van der Waals surface area contributed by atoms with Gasteiger partial charge in [-0.1, -0.05) is 24.6 Å². The number of imidazole rings is 1. The molecule has 0 bridgehead atoms. The van der Waals surface area contributed by atoms with Crippen molar-refractivity contribution < 1.29 is 19.5 Å². The SMILES string of the molecule is CC(CCCCN)n1c(NC(=O)c2cccc(C(=O)O)c2)nc2cccc(C3CCCNC3=O)c21. The Bertz CT molecular complexity index is 1250. The third-order valence-corrected chi connectivity index (χ3v) is 6.52. The fourth-order valence-corrected chi connectivity index (χ4v) is 4.72. The zero-order valence-electron chi connectivity index (χ0n) is 19.8. The second kappa shape index (κ2) is 10.7. The van der Waals surface area contributed by atoms with E-state index in [0.29, 0.717) is 24.6 Å².